The lowest BCUT2D eigenvalue weighted by Gasteiger charge is -2.24. The van der Waals surface area contributed by atoms with Gasteiger partial charge in [-0.05, 0) is 30.2 Å². The fourth-order valence-electron chi connectivity index (χ4n) is 3.22. The molecule has 25 heavy (non-hydrogen) atoms. The molecule has 4 nitrogen and oxygen atoms in total. The van der Waals surface area contributed by atoms with Crippen LogP contribution in [0.4, 0.5) is 0 Å². The molecule has 126 valence electrons. The standard InChI is InChI=1S/C20H16ClNO3/c21-17-9-13(5-6-16(17)20-11-22-12-25-20)10-18(23)14-7-8-24-19-4-2-1-3-15(14)19/h1-6,9,11-12,14H,7-8,10H2. The van der Waals surface area contributed by atoms with Crippen LogP contribution in [0.15, 0.2) is 59.5 Å². The summed E-state index contributed by atoms with van der Waals surface area (Å²) >= 11 is 6.35. The molecule has 1 unspecified atom stereocenters. The van der Waals surface area contributed by atoms with Crippen LogP contribution < -0.4 is 4.74 Å². The molecular weight excluding hydrogens is 338 g/mol. The first-order chi connectivity index (χ1) is 12.2. The van der Waals surface area contributed by atoms with Crippen LogP contribution >= 0.6 is 11.6 Å². The Hall–Kier alpha value is -2.59. The van der Waals surface area contributed by atoms with Gasteiger partial charge in [-0.2, -0.15) is 0 Å². The minimum atomic E-state index is -0.127. The number of para-hydroxylation sites is 1. The first-order valence-corrected chi connectivity index (χ1v) is 8.52. The normalized spacial score (nSPS) is 16.1. The Balaban J connectivity index is 1.55. The molecule has 1 aliphatic heterocycles. The Kier molecular flexibility index (Phi) is 4.28. The molecule has 0 spiro atoms. The minimum Gasteiger partial charge on any atom is -0.493 e. The Morgan fingerprint density at radius 3 is 2.92 bits per heavy atom. The van der Waals surface area contributed by atoms with Gasteiger partial charge >= 0.3 is 0 Å². The summed E-state index contributed by atoms with van der Waals surface area (Å²) in [6.45, 7) is 0.568. The van der Waals surface area contributed by atoms with Crippen LogP contribution in [0.1, 0.15) is 23.5 Å². The highest BCUT2D eigenvalue weighted by molar-refractivity contribution is 6.33. The number of carbonyl (C=O) groups is 1. The number of fused-ring (bicyclic) bond motifs is 1. The van der Waals surface area contributed by atoms with E-state index in [1.807, 2.05) is 42.5 Å². The summed E-state index contributed by atoms with van der Waals surface area (Å²) < 4.78 is 10.9. The fraction of sp³-hybridized carbons (Fsp3) is 0.200. The number of aromatic nitrogens is 1. The summed E-state index contributed by atoms with van der Waals surface area (Å²) in [4.78, 5) is 16.7. The van der Waals surface area contributed by atoms with Gasteiger partial charge in [0.05, 0.1) is 17.8 Å². The molecule has 0 fully saturated rings. The Morgan fingerprint density at radius 1 is 1.24 bits per heavy atom. The van der Waals surface area contributed by atoms with Crippen molar-refractivity contribution in [1.29, 1.82) is 0 Å². The van der Waals surface area contributed by atoms with Crippen molar-refractivity contribution >= 4 is 17.4 Å². The molecule has 4 rings (SSSR count). The number of carbonyl (C=O) groups excluding carboxylic acids is 1. The van der Waals surface area contributed by atoms with Gasteiger partial charge in [-0.15, -0.1) is 0 Å². The number of Topliss-reactive ketones (excluding diaryl/α,β-unsaturated/α-hetero) is 1. The Labute approximate surface area is 150 Å². The van der Waals surface area contributed by atoms with E-state index in [-0.39, 0.29) is 11.7 Å². The molecular formula is C20H16ClNO3. The third-order valence-corrected chi connectivity index (χ3v) is 4.77. The molecule has 0 saturated carbocycles. The summed E-state index contributed by atoms with van der Waals surface area (Å²) in [6.07, 6.45) is 4.03. The highest BCUT2D eigenvalue weighted by atomic mass is 35.5. The lowest BCUT2D eigenvalue weighted by Crippen LogP contribution is -2.22. The number of hydrogen-bond acceptors (Lipinski definition) is 4. The van der Waals surface area contributed by atoms with Gasteiger partial charge in [0.1, 0.15) is 11.5 Å². The van der Waals surface area contributed by atoms with Gasteiger partial charge in [-0.3, -0.25) is 4.79 Å². The van der Waals surface area contributed by atoms with Crippen molar-refractivity contribution in [3.8, 4) is 17.1 Å². The molecule has 0 N–H and O–H groups in total. The van der Waals surface area contributed by atoms with Crippen molar-refractivity contribution in [2.75, 3.05) is 6.61 Å². The van der Waals surface area contributed by atoms with Gasteiger partial charge in [-0.1, -0.05) is 35.9 Å². The predicted octanol–water partition coefficient (Wildman–Crippen LogP) is 4.67. The van der Waals surface area contributed by atoms with E-state index in [4.69, 9.17) is 20.8 Å². The third kappa shape index (κ3) is 3.17. The lowest BCUT2D eigenvalue weighted by molar-refractivity contribution is -0.120. The SMILES string of the molecule is O=C(Cc1ccc(-c2cnco2)c(Cl)c1)C1CCOc2ccccc21. The molecule has 2 aromatic carbocycles. The minimum absolute atomic E-state index is 0.127. The lowest BCUT2D eigenvalue weighted by atomic mass is 9.86. The highest BCUT2D eigenvalue weighted by Gasteiger charge is 2.27. The summed E-state index contributed by atoms with van der Waals surface area (Å²) in [5, 5.41) is 0.550. The summed E-state index contributed by atoms with van der Waals surface area (Å²) in [7, 11) is 0. The Bertz CT molecular complexity index is 905. The van der Waals surface area contributed by atoms with Gasteiger partial charge in [0.15, 0.2) is 12.2 Å². The molecule has 1 aromatic heterocycles. The number of halogens is 1. The number of rotatable bonds is 4. The number of nitrogens with zero attached hydrogens (tertiary/aromatic N) is 1. The smallest absolute Gasteiger partial charge is 0.181 e. The number of ether oxygens (including phenoxy) is 1. The molecule has 5 heteroatoms. The van der Waals surface area contributed by atoms with Crippen molar-refractivity contribution in [3.63, 3.8) is 0 Å². The maximum absolute atomic E-state index is 12.8. The monoisotopic (exact) mass is 353 g/mol. The molecule has 0 bridgehead atoms. The Morgan fingerprint density at radius 2 is 2.12 bits per heavy atom. The molecule has 1 atom stereocenters. The first-order valence-electron chi connectivity index (χ1n) is 8.14. The third-order valence-electron chi connectivity index (χ3n) is 4.46. The van der Waals surface area contributed by atoms with Crippen LogP contribution in [0.5, 0.6) is 5.75 Å². The number of ketones is 1. The molecule has 0 amide bonds. The second kappa shape index (κ2) is 6.73. The molecule has 0 saturated heterocycles. The molecule has 0 aliphatic carbocycles. The number of oxazole rings is 1. The second-order valence-corrected chi connectivity index (χ2v) is 6.46. The number of hydrogen-bond donors (Lipinski definition) is 0. The largest absolute Gasteiger partial charge is 0.493 e. The average molecular weight is 354 g/mol. The van der Waals surface area contributed by atoms with E-state index in [0.29, 0.717) is 30.2 Å². The van der Waals surface area contributed by atoms with Gasteiger partial charge in [0.25, 0.3) is 0 Å². The second-order valence-electron chi connectivity index (χ2n) is 6.05. The van der Waals surface area contributed by atoms with Crippen molar-refractivity contribution in [3.05, 3.63) is 71.2 Å². The zero-order chi connectivity index (χ0) is 17.2. The van der Waals surface area contributed by atoms with Crippen LogP contribution in [-0.4, -0.2) is 17.4 Å². The van der Waals surface area contributed by atoms with Crippen LogP contribution in [-0.2, 0) is 11.2 Å². The van der Waals surface area contributed by atoms with Crippen LogP contribution in [0.3, 0.4) is 0 Å². The molecule has 1 aliphatic rings. The van der Waals surface area contributed by atoms with Crippen molar-refractivity contribution in [1.82, 2.24) is 4.98 Å². The number of benzene rings is 2. The maximum Gasteiger partial charge on any atom is 0.181 e. The fourth-order valence-corrected chi connectivity index (χ4v) is 3.51. The molecule has 3 aromatic rings. The zero-order valence-corrected chi connectivity index (χ0v) is 14.2. The molecule has 2 heterocycles. The predicted molar refractivity (Wildman–Crippen MR) is 95.0 cm³/mol. The van der Waals surface area contributed by atoms with E-state index in [2.05, 4.69) is 4.98 Å². The van der Waals surface area contributed by atoms with Gasteiger partial charge in [-0.25, -0.2) is 4.98 Å². The quantitative estimate of drug-likeness (QED) is 0.683. The summed E-state index contributed by atoms with van der Waals surface area (Å²) in [5.41, 5.74) is 2.64. The van der Waals surface area contributed by atoms with E-state index in [9.17, 15) is 4.79 Å². The van der Waals surface area contributed by atoms with E-state index < -0.39 is 0 Å². The van der Waals surface area contributed by atoms with Gasteiger partial charge < -0.3 is 9.15 Å². The zero-order valence-electron chi connectivity index (χ0n) is 13.4. The van der Waals surface area contributed by atoms with Crippen LogP contribution in [0, 0.1) is 0 Å². The highest BCUT2D eigenvalue weighted by Crippen LogP contribution is 2.35. The van der Waals surface area contributed by atoms with E-state index in [1.54, 1.807) is 6.20 Å². The summed E-state index contributed by atoms with van der Waals surface area (Å²) in [5.74, 6) is 1.48. The molecule has 0 radical (unpaired) electrons. The van der Waals surface area contributed by atoms with Crippen molar-refractivity contribution in [2.45, 2.75) is 18.8 Å². The summed E-state index contributed by atoms with van der Waals surface area (Å²) in [6, 6.07) is 13.3. The van der Waals surface area contributed by atoms with Crippen molar-refractivity contribution < 1.29 is 13.9 Å². The van der Waals surface area contributed by atoms with E-state index >= 15 is 0 Å². The van der Waals surface area contributed by atoms with E-state index in [0.717, 1.165) is 22.4 Å². The maximum atomic E-state index is 12.8. The van der Waals surface area contributed by atoms with Gasteiger partial charge in [0, 0.05) is 23.5 Å². The van der Waals surface area contributed by atoms with Crippen LogP contribution in [0.2, 0.25) is 5.02 Å². The van der Waals surface area contributed by atoms with Crippen molar-refractivity contribution in [2.24, 2.45) is 0 Å². The first kappa shape index (κ1) is 15.9. The van der Waals surface area contributed by atoms with E-state index in [1.165, 1.54) is 6.39 Å². The van der Waals surface area contributed by atoms with Crippen LogP contribution in [0.25, 0.3) is 11.3 Å². The average Bonchev–Trinajstić information content (AvgIpc) is 3.15. The topological polar surface area (TPSA) is 52.3 Å². The van der Waals surface area contributed by atoms with Gasteiger partial charge in [0.2, 0.25) is 0 Å².